The highest BCUT2D eigenvalue weighted by atomic mass is 16.5. The number of rotatable bonds is 8. The van der Waals surface area contributed by atoms with Gasteiger partial charge >= 0.3 is 0 Å². The van der Waals surface area contributed by atoms with Gasteiger partial charge < -0.3 is 20.1 Å². The third-order valence-corrected chi connectivity index (χ3v) is 2.94. The lowest BCUT2D eigenvalue weighted by molar-refractivity contribution is -0.0335. The molecule has 0 saturated heterocycles. The van der Waals surface area contributed by atoms with Crippen molar-refractivity contribution in [2.45, 2.75) is 45.4 Å². The fraction of sp³-hybridized carbons (Fsp3) is 0.867. The van der Waals surface area contributed by atoms with Crippen molar-refractivity contribution in [2.24, 2.45) is 5.92 Å². The quantitative estimate of drug-likeness (QED) is 0.552. The number of aliphatic hydroxyl groups is 3. The Bertz CT molecular complexity index is 320. The Morgan fingerprint density at radius 2 is 1.70 bits per heavy atom. The molecule has 5 heteroatoms. The minimum Gasteiger partial charge on any atom is -0.394 e. The van der Waals surface area contributed by atoms with Gasteiger partial charge in [-0.25, -0.2) is 0 Å². The van der Waals surface area contributed by atoms with Crippen LogP contribution in [-0.4, -0.2) is 71.4 Å². The molecule has 0 aromatic rings. The van der Waals surface area contributed by atoms with E-state index in [2.05, 4.69) is 11.8 Å². The van der Waals surface area contributed by atoms with Crippen molar-refractivity contribution in [3.8, 4) is 11.8 Å². The smallest absolute Gasteiger partial charge is 0.100 e. The largest absolute Gasteiger partial charge is 0.394 e. The molecule has 3 N–H and O–H groups in total. The van der Waals surface area contributed by atoms with Crippen LogP contribution in [0.15, 0.2) is 0 Å². The summed E-state index contributed by atoms with van der Waals surface area (Å²) in [6.45, 7) is 8.32. The van der Waals surface area contributed by atoms with E-state index < -0.39 is 12.2 Å². The van der Waals surface area contributed by atoms with Crippen molar-refractivity contribution in [3.05, 3.63) is 0 Å². The summed E-state index contributed by atoms with van der Waals surface area (Å²) in [5.41, 5.74) is -0.324. The highest BCUT2D eigenvalue weighted by Crippen LogP contribution is 2.12. The molecule has 0 aliphatic carbocycles. The molecular weight excluding hydrogens is 258 g/mol. The fourth-order valence-electron chi connectivity index (χ4n) is 1.41. The molecule has 2 atom stereocenters. The van der Waals surface area contributed by atoms with E-state index in [1.165, 1.54) is 0 Å². The molecule has 0 amide bonds. The molecule has 118 valence electrons. The maximum absolute atomic E-state index is 9.89. The molecule has 2 unspecified atom stereocenters. The molecule has 0 bridgehead atoms. The molecule has 0 aromatic heterocycles. The predicted molar refractivity (Wildman–Crippen MR) is 79.2 cm³/mol. The van der Waals surface area contributed by atoms with Gasteiger partial charge in [-0.2, -0.15) is 0 Å². The Morgan fingerprint density at radius 3 is 2.20 bits per heavy atom. The van der Waals surface area contributed by atoms with Crippen molar-refractivity contribution in [3.63, 3.8) is 0 Å². The Labute approximate surface area is 122 Å². The first-order valence-electron chi connectivity index (χ1n) is 6.97. The predicted octanol–water partition coefficient (Wildman–Crippen LogP) is 0.0869. The average Bonchev–Trinajstić information content (AvgIpc) is 2.36. The van der Waals surface area contributed by atoms with E-state index >= 15 is 0 Å². The van der Waals surface area contributed by atoms with E-state index in [9.17, 15) is 5.11 Å². The van der Waals surface area contributed by atoms with E-state index in [1.54, 1.807) is 0 Å². The fourth-order valence-corrected chi connectivity index (χ4v) is 1.41. The molecular formula is C15H29NO4. The average molecular weight is 287 g/mol. The Kier molecular flexibility index (Phi) is 9.03. The van der Waals surface area contributed by atoms with Gasteiger partial charge in [0.2, 0.25) is 0 Å². The summed E-state index contributed by atoms with van der Waals surface area (Å²) in [6.07, 6.45) is -1.56. The first-order valence-corrected chi connectivity index (χ1v) is 6.97. The molecule has 0 aromatic carbocycles. The number of ether oxygens (including phenoxy) is 1. The molecule has 0 fully saturated rings. The minimum absolute atomic E-state index is 0.0216. The molecule has 5 nitrogen and oxygen atoms in total. The maximum Gasteiger partial charge on any atom is 0.100 e. The van der Waals surface area contributed by atoms with Gasteiger partial charge in [-0.1, -0.05) is 25.7 Å². The van der Waals surface area contributed by atoms with E-state index in [1.807, 2.05) is 39.6 Å². The highest BCUT2D eigenvalue weighted by molar-refractivity contribution is 5.15. The van der Waals surface area contributed by atoms with Crippen molar-refractivity contribution in [2.75, 3.05) is 33.4 Å². The van der Waals surface area contributed by atoms with Crippen LogP contribution in [0.4, 0.5) is 0 Å². The minimum atomic E-state index is -0.895. The monoisotopic (exact) mass is 287 g/mol. The molecule has 0 saturated carbocycles. The van der Waals surface area contributed by atoms with Gasteiger partial charge in [-0.15, -0.1) is 0 Å². The van der Waals surface area contributed by atoms with E-state index in [0.29, 0.717) is 12.5 Å². The zero-order chi connectivity index (χ0) is 15.8. The summed E-state index contributed by atoms with van der Waals surface area (Å²) in [4.78, 5) is 1.97. The zero-order valence-corrected chi connectivity index (χ0v) is 13.3. The molecule has 0 heterocycles. The van der Waals surface area contributed by atoms with Gasteiger partial charge in [-0.05, 0) is 20.9 Å². The van der Waals surface area contributed by atoms with Crippen LogP contribution in [0.2, 0.25) is 0 Å². The second-order valence-corrected chi connectivity index (χ2v) is 5.89. The summed E-state index contributed by atoms with van der Waals surface area (Å²) in [5, 5.41) is 27.6. The van der Waals surface area contributed by atoms with Crippen molar-refractivity contribution >= 4 is 0 Å². The van der Waals surface area contributed by atoms with Gasteiger partial charge in [0.05, 0.1) is 31.5 Å². The molecule has 0 rings (SSSR count). The second kappa shape index (κ2) is 9.32. The summed E-state index contributed by atoms with van der Waals surface area (Å²) in [6, 6.07) is 0. The number of likely N-dealkylation sites (N-methyl/N-ethyl adjacent to an activating group) is 1. The van der Waals surface area contributed by atoms with E-state index in [0.717, 1.165) is 0 Å². The van der Waals surface area contributed by atoms with Gasteiger partial charge in [0, 0.05) is 12.5 Å². The molecule has 20 heavy (non-hydrogen) atoms. The SMILES string of the molecule is CC(C)C#CC(C)(C)N(C)CC(O)COCC(O)CO. The lowest BCUT2D eigenvalue weighted by Crippen LogP contribution is -2.45. The van der Waals surface area contributed by atoms with Crippen LogP contribution in [0.5, 0.6) is 0 Å². The van der Waals surface area contributed by atoms with E-state index in [-0.39, 0.29) is 25.4 Å². The number of aliphatic hydroxyl groups excluding tert-OH is 3. The van der Waals surface area contributed by atoms with Crippen molar-refractivity contribution in [1.29, 1.82) is 0 Å². The molecule has 0 radical (unpaired) electrons. The van der Waals surface area contributed by atoms with Crippen LogP contribution in [0.1, 0.15) is 27.7 Å². The first-order chi connectivity index (χ1) is 9.19. The lowest BCUT2D eigenvalue weighted by Gasteiger charge is -2.32. The van der Waals surface area contributed by atoms with Crippen LogP contribution in [0.25, 0.3) is 0 Å². The number of nitrogens with zero attached hydrogens (tertiary/aromatic N) is 1. The number of β-amino-alcohol motifs (C(OH)–C–C–N with tert-alkyl or cyclic N) is 1. The zero-order valence-electron chi connectivity index (χ0n) is 13.3. The lowest BCUT2D eigenvalue weighted by atomic mass is 10.0. The summed E-state index contributed by atoms with van der Waals surface area (Å²) >= 11 is 0. The van der Waals surface area contributed by atoms with E-state index in [4.69, 9.17) is 14.9 Å². The normalized spacial score (nSPS) is 15.1. The standard InChI is InChI=1S/C15H29NO4/c1-12(2)6-7-15(3,4)16(5)8-13(18)10-20-11-14(19)9-17/h12-14,17-19H,8-11H2,1-5H3. The topological polar surface area (TPSA) is 73.2 Å². The Hall–Kier alpha value is -0.640. The van der Waals surface area contributed by atoms with Crippen molar-refractivity contribution < 1.29 is 20.1 Å². The van der Waals surface area contributed by atoms with Gasteiger partial charge in [0.1, 0.15) is 6.10 Å². The second-order valence-electron chi connectivity index (χ2n) is 5.89. The summed E-state index contributed by atoms with van der Waals surface area (Å²) < 4.78 is 5.14. The Balaban J connectivity index is 4.18. The maximum atomic E-state index is 9.89. The molecule has 0 aliphatic rings. The molecule has 0 aliphatic heterocycles. The van der Waals surface area contributed by atoms with Crippen LogP contribution >= 0.6 is 0 Å². The third-order valence-electron chi connectivity index (χ3n) is 2.94. The van der Waals surface area contributed by atoms with Crippen LogP contribution in [0.3, 0.4) is 0 Å². The van der Waals surface area contributed by atoms with Crippen LogP contribution in [0, 0.1) is 17.8 Å². The van der Waals surface area contributed by atoms with Gasteiger partial charge in [0.15, 0.2) is 0 Å². The highest BCUT2D eigenvalue weighted by Gasteiger charge is 2.23. The van der Waals surface area contributed by atoms with Gasteiger partial charge in [-0.3, -0.25) is 4.90 Å². The number of hydrogen-bond acceptors (Lipinski definition) is 5. The first kappa shape index (κ1) is 19.4. The Morgan fingerprint density at radius 1 is 1.15 bits per heavy atom. The number of hydrogen-bond donors (Lipinski definition) is 3. The molecule has 0 spiro atoms. The third kappa shape index (κ3) is 8.51. The summed E-state index contributed by atoms with van der Waals surface area (Å²) in [7, 11) is 1.90. The van der Waals surface area contributed by atoms with Crippen molar-refractivity contribution in [1.82, 2.24) is 4.90 Å². The van der Waals surface area contributed by atoms with Crippen LogP contribution in [-0.2, 0) is 4.74 Å². The van der Waals surface area contributed by atoms with Crippen LogP contribution < -0.4 is 0 Å². The van der Waals surface area contributed by atoms with Gasteiger partial charge in [0.25, 0.3) is 0 Å². The summed E-state index contributed by atoms with van der Waals surface area (Å²) in [5.74, 6) is 6.65.